The molecule has 1 saturated heterocycles. The van der Waals surface area contributed by atoms with Crippen LogP contribution in [0.15, 0.2) is 59.8 Å². The van der Waals surface area contributed by atoms with Gasteiger partial charge in [0.2, 0.25) is 0 Å². The Labute approximate surface area is 224 Å². The molecule has 206 valence electrons. The van der Waals surface area contributed by atoms with Crippen molar-refractivity contribution in [3.63, 3.8) is 0 Å². The van der Waals surface area contributed by atoms with Crippen LogP contribution in [0.25, 0.3) is 11.1 Å². The molecule has 2 N–H and O–H groups in total. The lowest BCUT2D eigenvalue weighted by Gasteiger charge is -2.31. The fraction of sp³-hybridized carbons (Fsp3) is 0.370. The second-order valence-corrected chi connectivity index (χ2v) is 11.6. The van der Waals surface area contributed by atoms with E-state index in [4.69, 9.17) is 0 Å². The van der Waals surface area contributed by atoms with Crippen molar-refractivity contribution in [2.75, 3.05) is 22.7 Å². The molecular weight excluding hydrogens is 533 g/mol. The summed E-state index contributed by atoms with van der Waals surface area (Å²) in [5, 5.41) is 9.36. The second-order valence-electron chi connectivity index (χ2n) is 9.91. The van der Waals surface area contributed by atoms with Gasteiger partial charge in [-0.2, -0.15) is 13.2 Å². The Morgan fingerprint density at radius 3 is 2.49 bits per heavy atom. The Balaban J connectivity index is 1.47. The van der Waals surface area contributed by atoms with E-state index in [9.17, 15) is 31.5 Å². The number of sulfonamides is 1. The third-order valence-electron chi connectivity index (χ3n) is 7.37. The smallest absolute Gasteiger partial charge is 0.418 e. The molecule has 1 atom stereocenters. The largest absolute Gasteiger partial charge is 0.481 e. The van der Waals surface area contributed by atoms with Crippen LogP contribution in [0.1, 0.15) is 49.1 Å². The van der Waals surface area contributed by atoms with Crippen LogP contribution in [0.3, 0.4) is 0 Å². The number of benzene rings is 1. The highest BCUT2D eigenvalue weighted by atomic mass is 32.2. The predicted molar refractivity (Wildman–Crippen MR) is 139 cm³/mol. The summed E-state index contributed by atoms with van der Waals surface area (Å²) in [4.78, 5) is 21.0. The van der Waals surface area contributed by atoms with Gasteiger partial charge in [0.1, 0.15) is 11.6 Å². The van der Waals surface area contributed by atoms with E-state index < -0.39 is 33.7 Å². The Bertz CT molecular complexity index is 1490. The molecule has 3 aromatic rings. The van der Waals surface area contributed by atoms with Crippen LogP contribution in [-0.4, -0.2) is 42.6 Å². The number of aliphatic carboxylic acids is 1. The Morgan fingerprint density at radius 2 is 1.79 bits per heavy atom. The Hall–Kier alpha value is -3.67. The summed E-state index contributed by atoms with van der Waals surface area (Å²) >= 11 is 0. The third-order valence-corrected chi connectivity index (χ3v) is 8.72. The van der Waals surface area contributed by atoms with Crippen molar-refractivity contribution in [1.82, 2.24) is 9.97 Å². The molecule has 2 aliphatic rings. The van der Waals surface area contributed by atoms with E-state index in [1.54, 1.807) is 23.1 Å². The van der Waals surface area contributed by atoms with E-state index in [0.29, 0.717) is 37.0 Å². The van der Waals surface area contributed by atoms with E-state index in [2.05, 4.69) is 14.7 Å². The van der Waals surface area contributed by atoms with Gasteiger partial charge in [0, 0.05) is 31.5 Å². The number of piperidine rings is 1. The molecule has 5 rings (SSSR count). The number of alkyl halides is 3. The van der Waals surface area contributed by atoms with Crippen LogP contribution in [0, 0.1) is 5.92 Å². The highest BCUT2D eigenvalue weighted by molar-refractivity contribution is 7.92. The minimum atomic E-state index is -4.69. The van der Waals surface area contributed by atoms with E-state index in [1.165, 1.54) is 18.3 Å². The van der Waals surface area contributed by atoms with E-state index in [1.807, 2.05) is 6.07 Å². The predicted octanol–water partition coefficient (Wildman–Crippen LogP) is 5.53. The minimum Gasteiger partial charge on any atom is -0.481 e. The molecule has 1 saturated carbocycles. The van der Waals surface area contributed by atoms with Gasteiger partial charge >= 0.3 is 12.1 Å². The van der Waals surface area contributed by atoms with Crippen molar-refractivity contribution in [2.45, 2.75) is 49.1 Å². The van der Waals surface area contributed by atoms with Crippen LogP contribution in [-0.2, 0) is 21.0 Å². The molecule has 2 aromatic heterocycles. The van der Waals surface area contributed by atoms with Gasteiger partial charge in [-0.1, -0.05) is 30.7 Å². The number of nitrogens with one attached hydrogen (secondary N) is 1. The van der Waals surface area contributed by atoms with Gasteiger partial charge in [0.05, 0.1) is 16.4 Å². The first-order chi connectivity index (χ1) is 18.5. The van der Waals surface area contributed by atoms with Gasteiger partial charge in [0.15, 0.2) is 0 Å². The maximum absolute atomic E-state index is 14.0. The average Bonchev–Trinajstić information content (AvgIpc) is 2.87. The van der Waals surface area contributed by atoms with Crippen LogP contribution < -0.4 is 9.62 Å². The van der Waals surface area contributed by atoms with Gasteiger partial charge in [-0.15, -0.1) is 0 Å². The monoisotopic (exact) mass is 560 g/mol. The first kappa shape index (κ1) is 26.9. The summed E-state index contributed by atoms with van der Waals surface area (Å²) < 4.78 is 70.7. The number of nitrogens with zero attached hydrogens (tertiary/aromatic N) is 3. The lowest BCUT2D eigenvalue weighted by atomic mass is 9.77. The summed E-state index contributed by atoms with van der Waals surface area (Å²) in [6.45, 7) is 0.724. The molecule has 3 heterocycles. The van der Waals surface area contributed by atoms with Crippen molar-refractivity contribution >= 4 is 27.6 Å². The lowest BCUT2D eigenvalue weighted by molar-refractivity contribution is -0.142. The van der Waals surface area contributed by atoms with Crippen molar-refractivity contribution in [2.24, 2.45) is 5.92 Å². The zero-order chi connectivity index (χ0) is 27.8. The van der Waals surface area contributed by atoms with Gasteiger partial charge in [0.25, 0.3) is 10.0 Å². The van der Waals surface area contributed by atoms with E-state index >= 15 is 0 Å². The molecule has 1 aliphatic carbocycles. The number of anilines is 2. The van der Waals surface area contributed by atoms with E-state index in [0.717, 1.165) is 30.9 Å². The molecule has 0 unspecified atom stereocenters. The van der Waals surface area contributed by atoms with Crippen molar-refractivity contribution < 1.29 is 31.5 Å². The highest BCUT2D eigenvalue weighted by Crippen LogP contribution is 2.44. The normalized spacial score (nSPS) is 18.4. The van der Waals surface area contributed by atoms with Crippen LogP contribution >= 0.6 is 0 Å². The first-order valence-electron chi connectivity index (χ1n) is 12.7. The van der Waals surface area contributed by atoms with E-state index in [-0.39, 0.29) is 28.7 Å². The summed E-state index contributed by atoms with van der Waals surface area (Å²) in [7, 11) is -4.25. The number of aromatic nitrogens is 2. The zero-order valence-electron chi connectivity index (χ0n) is 20.9. The third kappa shape index (κ3) is 5.70. The summed E-state index contributed by atoms with van der Waals surface area (Å²) in [5.74, 6) is -1.30. The minimum absolute atomic E-state index is 0.138. The molecule has 0 spiro atoms. The average molecular weight is 561 g/mol. The molecule has 2 fully saturated rings. The van der Waals surface area contributed by atoms with Crippen LogP contribution in [0.2, 0.25) is 0 Å². The summed E-state index contributed by atoms with van der Waals surface area (Å²) in [6, 6.07) is 10.6. The van der Waals surface area contributed by atoms with Crippen molar-refractivity contribution in [3.05, 3.63) is 66.0 Å². The second kappa shape index (κ2) is 10.5. The molecule has 1 aliphatic heterocycles. The number of carbonyl (C=O) groups is 1. The lowest BCUT2D eigenvalue weighted by Crippen LogP contribution is -2.39. The van der Waals surface area contributed by atoms with Gasteiger partial charge in [-0.05, 0) is 60.4 Å². The fourth-order valence-corrected chi connectivity index (χ4v) is 6.11. The number of carboxylic acid groups (broad SMARTS) is 1. The highest BCUT2D eigenvalue weighted by Gasteiger charge is 2.36. The molecule has 12 heteroatoms. The number of carboxylic acids is 1. The van der Waals surface area contributed by atoms with Crippen LogP contribution in [0.4, 0.5) is 24.8 Å². The number of hydrogen-bond acceptors (Lipinski definition) is 6. The number of pyridine rings is 2. The van der Waals surface area contributed by atoms with Crippen LogP contribution in [0.5, 0.6) is 0 Å². The fourth-order valence-electron chi connectivity index (χ4n) is 5.10. The topological polar surface area (TPSA) is 112 Å². The molecule has 1 aromatic carbocycles. The van der Waals surface area contributed by atoms with Gasteiger partial charge in [-0.3, -0.25) is 9.52 Å². The maximum Gasteiger partial charge on any atom is 0.418 e. The SMILES string of the molecule is O=C(O)[C@H]1CCCN(c2cc(S(=O)(=O)Nc3cc(-c4ccccc4C4CCC4)c(C(F)(F)F)cn3)ccn2)C1. The Kier molecular flexibility index (Phi) is 7.23. The Morgan fingerprint density at radius 1 is 1.03 bits per heavy atom. The summed E-state index contributed by atoms with van der Waals surface area (Å²) in [6.07, 6.45) is 1.20. The quantitative estimate of drug-likeness (QED) is 0.391. The summed E-state index contributed by atoms with van der Waals surface area (Å²) in [5.41, 5.74) is 0.124. The molecule has 0 amide bonds. The first-order valence-corrected chi connectivity index (χ1v) is 14.1. The number of hydrogen-bond donors (Lipinski definition) is 2. The molecule has 0 bridgehead atoms. The van der Waals surface area contributed by atoms with Gasteiger partial charge < -0.3 is 10.0 Å². The standard InChI is InChI=1S/C27H27F3N4O4S/c28-27(29,30)23-15-32-24(14-22(23)21-9-2-1-8-20(21)17-5-3-6-17)33-39(37,38)19-10-11-31-25(13-19)34-12-4-7-18(16-34)26(35)36/h1-2,8-11,13-15,17-18H,3-7,12,16H2,(H,32,33)(H,35,36)/t18-/m0/s1. The molecule has 8 nitrogen and oxygen atoms in total. The number of halogens is 3. The van der Waals surface area contributed by atoms with Crippen molar-refractivity contribution in [3.8, 4) is 11.1 Å². The molecule has 0 radical (unpaired) electrons. The molecular formula is C27H27F3N4O4S. The molecule has 39 heavy (non-hydrogen) atoms. The maximum atomic E-state index is 14.0. The zero-order valence-corrected chi connectivity index (χ0v) is 21.7. The van der Waals surface area contributed by atoms with Crippen molar-refractivity contribution in [1.29, 1.82) is 0 Å². The number of rotatable bonds is 7. The van der Waals surface area contributed by atoms with Gasteiger partial charge in [-0.25, -0.2) is 18.4 Å².